The minimum atomic E-state index is 0.392. The topological polar surface area (TPSA) is 58.6 Å². The van der Waals surface area contributed by atoms with Gasteiger partial charge in [-0.1, -0.05) is 0 Å². The number of carbonyl (C=O) groups excluding carboxylic acids is 2. The molecule has 2 atom stereocenters. The van der Waals surface area contributed by atoms with Crippen LogP contribution >= 0.6 is 0 Å². The Morgan fingerprint density at radius 1 is 1.41 bits per heavy atom. The van der Waals surface area contributed by atoms with E-state index in [1.54, 1.807) is 0 Å². The van der Waals surface area contributed by atoms with Crippen molar-refractivity contribution in [3.63, 3.8) is 0 Å². The first-order chi connectivity index (χ1) is 8.29. The molecule has 0 bridgehead atoms. The summed E-state index contributed by atoms with van der Waals surface area (Å²) in [7, 11) is 0. The molecule has 0 amide bonds. The van der Waals surface area contributed by atoms with Crippen molar-refractivity contribution in [2.24, 2.45) is 0 Å². The van der Waals surface area contributed by atoms with Crippen molar-refractivity contribution >= 4 is 12.3 Å². The van der Waals surface area contributed by atoms with Gasteiger partial charge in [0.2, 0.25) is 0 Å². The van der Waals surface area contributed by atoms with E-state index in [2.05, 4.69) is 10.2 Å². The predicted molar refractivity (Wildman–Crippen MR) is 62.6 cm³/mol. The molecule has 2 heterocycles. The highest BCUT2D eigenvalue weighted by Crippen LogP contribution is 2.19. The maximum absolute atomic E-state index is 11.2. The van der Waals surface area contributed by atoms with Crippen LogP contribution < -0.4 is 5.32 Å². The van der Waals surface area contributed by atoms with Gasteiger partial charge in [0.1, 0.15) is 5.78 Å². The summed E-state index contributed by atoms with van der Waals surface area (Å²) >= 11 is 0. The van der Waals surface area contributed by atoms with E-state index < -0.39 is 0 Å². The van der Waals surface area contributed by atoms with Gasteiger partial charge in [0, 0.05) is 44.6 Å². The summed E-state index contributed by atoms with van der Waals surface area (Å²) in [6.07, 6.45) is 3.38. The second-order valence-corrected chi connectivity index (χ2v) is 4.83. The smallest absolute Gasteiger partial charge is 0.293 e. The van der Waals surface area contributed by atoms with Gasteiger partial charge >= 0.3 is 0 Å². The fraction of sp³-hybridized carbons (Fsp3) is 0.833. The molecule has 2 fully saturated rings. The number of likely N-dealkylation sites (tertiary alicyclic amines) is 1. The number of hydrogen-bond donors (Lipinski definition) is 1. The Labute approximate surface area is 101 Å². The highest BCUT2D eigenvalue weighted by Gasteiger charge is 2.30. The molecule has 1 N–H and O–H groups in total. The van der Waals surface area contributed by atoms with Gasteiger partial charge in [-0.15, -0.1) is 0 Å². The zero-order valence-electron chi connectivity index (χ0n) is 10.1. The molecular weight excluding hydrogens is 220 g/mol. The average molecular weight is 240 g/mol. The highest BCUT2D eigenvalue weighted by atomic mass is 16.5. The van der Waals surface area contributed by atoms with E-state index in [9.17, 15) is 9.59 Å². The number of nitrogens with zero attached hydrogens (tertiary/aromatic N) is 1. The van der Waals surface area contributed by atoms with Crippen LogP contribution in [0.25, 0.3) is 0 Å². The largest absolute Gasteiger partial charge is 0.468 e. The van der Waals surface area contributed by atoms with Crippen LogP contribution in [0, 0.1) is 0 Å². The molecule has 5 heteroatoms. The minimum absolute atomic E-state index is 0.392. The second kappa shape index (κ2) is 6.12. The Bertz CT molecular complexity index is 273. The van der Waals surface area contributed by atoms with Crippen molar-refractivity contribution in [1.29, 1.82) is 0 Å². The van der Waals surface area contributed by atoms with E-state index in [-0.39, 0.29) is 0 Å². The van der Waals surface area contributed by atoms with Crippen molar-refractivity contribution < 1.29 is 14.3 Å². The van der Waals surface area contributed by atoms with Crippen LogP contribution in [0.4, 0.5) is 0 Å². The first-order valence-corrected chi connectivity index (χ1v) is 6.34. The molecule has 0 aliphatic carbocycles. The molecule has 2 rings (SSSR count). The monoisotopic (exact) mass is 240 g/mol. The predicted octanol–water partition coefficient (Wildman–Crippen LogP) is -0.0551. The van der Waals surface area contributed by atoms with Crippen molar-refractivity contribution in [2.75, 3.05) is 26.2 Å². The maximum atomic E-state index is 11.2. The lowest BCUT2D eigenvalue weighted by molar-refractivity contribution is -0.128. The Hall–Kier alpha value is -0.940. The van der Waals surface area contributed by atoms with Gasteiger partial charge < -0.3 is 10.1 Å². The third kappa shape index (κ3) is 3.51. The Morgan fingerprint density at radius 3 is 2.88 bits per heavy atom. The van der Waals surface area contributed by atoms with Crippen LogP contribution in [0.2, 0.25) is 0 Å². The molecule has 0 aromatic carbocycles. The zero-order valence-corrected chi connectivity index (χ0v) is 10.1. The van der Waals surface area contributed by atoms with Crippen LogP contribution in [0.3, 0.4) is 0 Å². The van der Waals surface area contributed by atoms with Crippen LogP contribution in [-0.4, -0.2) is 55.5 Å². The molecule has 2 aliphatic rings. The summed E-state index contributed by atoms with van der Waals surface area (Å²) in [4.78, 5) is 23.6. The Balaban J connectivity index is 1.70. The van der Waals surface area contributed by atoms with Crippen LogP contribution in [-0.2, 0) is 14.3 Å². The third-order valence-corrected chi connectivity index (χ3v) is 3.72. The van der Waals surface area contributed by atoms with Gasteiger partial charge in [-0.25, -0.2) is 0 Å². The molecule has 0 aromatic heterocycles. The molecule has 5 nitrogen and oxygen atoms in total. The fourth-order valence-electron chi connectivity index (χ4n) is 2.69. The SMILES string of the molecule is O=COCCC1CC(N2CCC(=O)CC2)CN1. The molecule has 0 aromatic rings. The van der Waals surface area contributed by atoms with Crippen molar-refractivity contribution in [3.05, 3.63) is 0 Å². The number of piperidine rings is 1. The number of nitrogens with one attached hydrogen (secondary N) is 1. The molecular formula is C12H20N2O3. The molecule has 0 saturated carbocycles. The molecule has 96 valence electrons. The lowest BCUT2D eigenvalue weighted by atomic mass is 10.0. The molecule has 0 radical (unpaired) electrons. The first kappa shape index (κ1) is 12.5. The summed E-state index contributed by atoms with van der Waals surface area (Å²) in [6, 6.07) is 0.988. The third-order valence-electron chi connectivity index (χ3n) is 3.72. The van der Waals surface area contributed by atoms with Gasteiger partial charge in [-0.2, -0.15) is 0 Å². The van der Waals surface area contributed by atoms with Gasteiger partial charge in [0.05, 0.1) is 6.61 Å². The van der Waals surface area contributed by atoms with E-state index >= 15 is 0 Å². The minimum Gasteiger partial charge on any atom is -0.468 e. The molecule has 0 spiro atoms. The number of hydrogen-bond acceptors (Lipinski definition) is 5. The van der Waals surface area contributed by atoms with Gasteiger partial charge in [0.15, 0.2) is 0 Å². The van der Waals surface area contributed by atoms with Gasteiger partial charge in [-0.05, 0) is 12.8 Å². The number of rotatable bonds is 5. The summed E-state index contributed by atoms with van der Waals surface area (Å²) in [5, 5.41) is 3.45. The fourth-order valence-corrected chi connectivity index (χ4v) is 2.69. The highest BCUT2D eigenvalue weighted by molar-refractivity contribution is 5.79. The van der Waals surface area contributed by atoms with Crippen molar-refractivity contribution in [1.82, 2.24) is 10.2 Å². The van der Waals surface area contributed by atoms with Crippen LogP contribution in [0.1, 0.15) is 25.7 Å². The van der Waals surface area contributed by atoms with E-state index in [0.29, 0.717) is 43.8 Å². The summed E-state index contributed by atoms with van der Waals surface area (Å²) in [5.41, 5.74) is 0. The molecule has 2 aliphatic heterocycles. The van der Waals surface area contributed by atoms with Crippen molar-refractivity contribution in [2.45, 2.75) is 37.8 Å². The number of ketones is 1. The number of carbonyl (C=O) groups is 2. The van der Waals surface area contributed by atoms with Gasteiger partial charge in [-0.3, -0.25) is 14.5 Å². The van der Waals surface area contributed by atoms with E-state index in [4.69, 9.17) is 4.74 Å². The summed E-state index contributed by atoms with van der Waals surface area (Å²) in [6.45, 7) is 3.79. The van der Waals surface area contributed by atoms with E-state index in [1.165, 1.54) is 0 Å². The Kier molecular flexibility index (Phi) is 4.50. The second-order valence-electron chi connectivity index (χ2n) is 4.83. The van der Waals surface area contributed by atoms with E-state index in [0.717, 1.165) is 32.5 Å². The average Bonchev–Trinajstić information content (AvgIpc) is 2.79. The molecule has 2 unspecified atom stereocenters. The van der Waals surface area contributed by atoms with Crippen LogP contribution in [0.15, 0.2) is 0 Å². The standard InChI is InChI=1S/C12H20N2O3/c15-9-17-6-3-10-7-11(8-13-10)14-4-1-12(16)2-5-14/h9-11,13H,1-8H2. The van der Waals surface area contributed by atoms with E-state index in [1.807, 2.05) is 0 Å². The first-order valence-electron chi connectivity index (χ1n) is 6.34. The van der Waals surface area contributed by atoms with Crippen LogP contribution in [0.5, 0.6) is 0 Å². The van der Waals surface area contributed by atoms with Gasteiger partial charge in [0.25, 0.3) is 6.47 Å². The summed E-state index contributed by atoms with van der Waals surface area (Å²) < 4.78 is 4.71. The maximum Gasteiger partial charge on any atom is 0.293 e. The lowest BCUT2D eigenvalue weighted by Crippen LogP contribution is -2.42. The van der Waals surface area contributed by atoms with Crippen molar-refractivity contribution in [3.8, 4) is 0 Å². The molecule has 2 saturated heterocycles. The zero-order chi connectivity index (χ0) is 12.1. The molecule has 17 heavy (non-hydrogen) atoms. The normalized spacial score (nSPS) is 30.5. The quantitative estimate of drug-likeness (QED) is 0.539. The lowest BCUT2D eigenvalue weighted by Gasteiger charge is -2.31. The number of ether oxygens (including phenoxy) is 1. The number of Topliss-reactive ketones (excluding diaryl/α,β-unsaturated/α-hetero) is 1. The Morgan fingerprint density at radius 2 is 2.18 bits per heavy atom. The summed E-state index contributed by atoms with van der Waals surface area (Å²) in [5.74, 6) is 0.392.